The second-order valence-corrected chi connectivity index (χ2v) is 4.81. The lowest BCUT2D eigenvalue weighted by Crippen LogP contribution is -2.02. The van der Waals surface area contributed by atoms with Crippen molar-refractivity contribution >= 4 is 11.4 Å². The number of rotatable bonds is 6. The van der Waals surface area contributed by atoms with Gasteiger partial charge in [-0.3, -0.25) is 0 Å². The van der Waals surface area contributed by atoms with Crippen LogP contribution in [-0.2, 0) is 12.8 Å². The molecule has 19 heavy (non-hydrogen) atoms. The fraction of sp³-hybridized carbons (Fsp3) is 0.294. The van der Waals surface area contributed by atoms with Crippen LogP contribution in [0.25, 0.3) is 0 Å². The van der Waals surface area contributed by atoms with E-state index in [1.807, 2.05) is 0 Å². The fourth-order valence-electron chi connectivity index (χ4n) is 2.13. The molecular formula is C17H22N2. The van der Waals surface area contributed by atoms with Crippen LogP contribution in [0.2, 0.25) is 0 Å². The molecule has 0 aliphatic rings. The van der Waals surface area contributed by atoms with E-state index in [9.17, 15) is 0 Å². The van der Waals surface area contributed by atoms with E-state index in [-0.39, 0.29) is 0 Å². The van der Waals surface area contributed by atoms with Crippen molar-refractivity contribution in [2.75, 3.05) is 11.9 Å². The number of hydrogen-bond acceptors (Lipinski definition) is 2. The van der Waals surface area contributed by atoms with Gasteiger partial charge in [0, 0.05) is 11.4 Å². The van der Waals surface area contributed by atoms with E-state index in [1.165, 1.54) is 17.5 Å². The lowest BCUT2D eigenvalue weighted by Gasteiger charge is -2.08. The molecular weight excluding hydrogens is 232 g/mol. The van der Waals surface area contributed by atoms with Crippen molar-refractivity contribution in [3.63, 3.8) is 0 Å². The molecule has 0 fully saturated rings. The Hall–Kier alpha value is -1.80. The summed E-state index contributed by atoms with van der Waals surface area (Å²) in [6.07, 6.45) is 3.27. The van der Waals surface area contributed by atoms with Gasteiger partial charge in [-0.15, -0.1) is 0 Å². The van der Waals surface area contributed by atoms with Crippen LogP contribution in [-0.4, -0.2) is 6.54 Å². The second-order valence-electron chi connectivity index (χ2n) is 4.81. The van der Waals surface area contributed by atoms with Crippen LogP contribution < -0.4 is 11.1 Å². The Morgan fingerprint density at radius 1 is 0.789 bits per heavy atom. The zero-order valence-electron chi connectivity index (χ0n) is 11.5. The van der Waals surface area contributed by atoms with Gasteiger partial charge in [0.15, 0.2) is 0 Å². The molecule has 3 N–H and O–H groups in total. The molecule has 0 atom stereocenters. The molecule has 2 nitrogen and oxygen atoms in total. The van der Waals surface area contributed by atoms with Gasteiger partial charge in [0.1, 0.15) is 0 Å². The third-order valence-corrected chi connectivity index (χ3v) is 3.17. The number of aryl methyl sites for hydroxylation is 1. The maximum Gasteiger partial charge on any atom is 0.0384 e. The average molecular weight is 254 g/mol. The second kappa shape index (κ2) is 6.95. The molecule has 0 saturated carbocycles. The lowest BCUT2D eigenvalue weighted by molar-refractivity contribution is 0.922. The van der Waals surface area contributed by atoms with Crippen LogP contribution in [0.5, 0.6) is 0 Å². The molecule has 0 aromatic heterocycles. The van der Waals surface area contributed by atoms with Crippen molar-refractivity contribution in [2.45, 2.75) is 26.2 Å². The van der Waals surface area contributed by atoms with E-state index >= 15 is 0 Å². The monoisotopic (exact) mass is 254 g/mol. The Labute approximate surface area is 115 Å². The third-order valence-electron chi connectivity index (χ3n) is 3.17. The first kappa shape index (κ1) is 13.6. The first-order valence-electron chi connectivity index (χ1n) is 6.97. The van der Waals surface area contributed by atoms with Crippen LogP contribution in [0.3, 0.4) is 0 Å². The lowest BCUT2D eigenvalue weighted by atomic mass is 10.1. The molecule has 0 aliphatic carbocycles. The first-order chi connectivity index (χ1) is 9.31. The van der Waals surface area contributed by atoms with E-state index in [1.54, 1.807) is 0 Å². The normalized spacial score (nSPS) is 10.4. The number of hydrogen-bond donors (Lipinski definition) is 2. The molecule has 0 amide bonds. The summed E-state index contributed by atoms with van der Waals surface area (Å²) in [4.78, 5) is 0. The van der Waals surface area contributed by atoms with Crippen LogP contribution in [0.4, 0.5) is 11.4 Å². The summed E-state index contributed by atoms with van der Waals surface area (Å²) in [5.41, 5.74) is 10.5. The highest BCUT2D eigenvalue weighted by Gasteiger charge is 1.97. The Bertz CT molecular complexity index is 438. The maximum absolute atomic E-state index is 5.55. The third kappa shape index (κ3) is 4.11. The summed E-state index contributed by atoms with van der Waals surface area (Å²) in [5, 5.41) is 3.41. The van der Waals surface area contributed by atoms with Crippen LogP contribution in [0, 0.1) is 0 Å². The molecule has 2 aromatic rings. The summed E-state index contributed by atoms with van der Waals surface area (Å²) < 4.78 is 0. The van der Waals surface area contributed by atoms with Crippen molar-refractivity contribution in [3.05, 3.63) is 59.7 Å². The quantitative estimate of drug-likeness (QED) is 0.821. The fourth-order valence-corrected chi connectivity index (χ4v) is 2.13. The zero-order valence-corrected chi connectivity index (χ0v) is 11.5. The van der Waals surface area contributed by atoms with Gasteiger partial charge >= 0.3 is 0 Å². The average Bonchev–Trinajstić information content (AvgIpc) is 2.44. The van der Waals surface area contributed by atoms with E-state index in [0.29, 0.717) is 6.54 Å². The Balaban J connectivity index is 1.99. The predicted octanol–water partition coefficient (Wildman–Crippen LogP) is 3.88. The Kier molecular flexibility index (Phi) is 4.99. The predicted molar refractivity (Wildman–Crippen MR) is 82.9 cm³/mol. The molecule has 0 radical (unpaired) electrons. The van der Waals surface area contributed by atoms with Gasteiger partial charge in [-0.25, -0.2) is 0 Å². The SMILES string of the molecule is CCCc1ccc(Nc2ccc(CCN)cc2)cc1. The van der Waals surface area contributed by atoms with E-state index in [4.69, 9.17) is 5.73 Å². The van der Waals surface area contributed by atoms with Gasteiger partial charge in [0.2, 0.25) is 0 Å². The van der Waals surface area contributed by atoms with Crippen molar-refractivity contribution in [1.29, 1.82) is 0 Å². The molecule has 0 saturated heterocycles. The summed E-state index contributed by atoms with van der Waals surface area (Å²) in [6, 6.07) is 17.1. The minimum Gasteiger partial charge on any atom is -0.356 e. The highest BCUT2D eigenvalue weighted by atomic mass is 14.9. The largest absolute Gasteiger partial charge is 0.356 e. The van der Waals surface area contributed by atoms with Gasteiger partial charge in [-0.2, -0.15) is 0 Å². The van der Waals surface area contributed by atoms with Crippen molar-refractivity contribution < 1.29 is 0 Å². The van der Waals surface area contributed by atoms with Gasteiger partial charge < -0.3 is 11.1 Å². The number of nitrogens with one attached hydrogen (secondary N) is 1. The summed E-state index contributed by atoms with van der Waals surface area (Å²) in [7, 11) is 0. The van der Waals surface area contributed by atoms with E-state index in [2.05, 4.69) is 60.8 Å². The smallest absolute Gasteiger partial charge is 0.0384 e. The van der Waals surface area contributed by atoms with Crippen molar-refractivity contribution in [1.82, 2.24) is 0 Å². The molecule has 2 rings (SSSR count). The van der Waals surface area contributed by atoms with Gasteiger partial charge in [0.05, 0.1) is 0 Å². The van der Waals surface area contributed by atoms with Crippen LogP contribution >= 0.6 is 0 Å². The van der Waals surface area contributed by atoms with E-state index < -0.39 is 0 Å². The zero-order chi connectivity index (χ0) is 13.5. The van der Waals surface area contributed by atoms with Crippen molar-refractivity contribution in [2.24, 2.45) is 5.73 Å². The number of benzene rings is 2. The maximum atomic E-state index is 5.55. The Morgan fingerprint density at radius 2 is 1.26 bits per heavy atom. The van der Waals surface area contributed by atoms with Crippen LogP contribution in [0.15, 0.2) is 48.5 Å². The van der Waals surface area contributed by atoms with Gasteiger partial charge in [-0.05, 0) is 54.8 Å². The minimum atomic E-state index is 0.700. The standard InChI is InChI=1S/C17H22N2/c1-2-3-14-4-8-16(9-5-14)19-17-10-6-15(7-11-17)12-13-18/h4-11,19H,2-3,12-13,18H2,1H3. The topological polar surface area (TPSA) is 38.0 Å². The minimum absolute atomic E-state index is 0.700. The van der Waals surface area contributed by atoms with E-state index in [0.717, 1.165) is 24.2 Å². The van der Waals surface area contributed by atoms with Crippen molar-refractivity contribution in [3.8, 4) is 0 Å². The first-order valence-corrected chi connectivity index (χ1v) is 6.97. The van der Waals surface area contributed by atoms with Gasteiger partial charge in [-0.1, -0.05) is 37.6 Å². The highest BCUT2D eigenvalue weighted by molar-refractivity contribution is 5.60. The molecule has 0 heterocycles. The molecule has 2 heteroatoms. The molecule has 0 unspecified atom stereocenters. The highest BCUT2D eigenvalue weighted by Crippen LogP contribution is 2.18. The van der Waals surface area contributed by atoms with Crippen LogP contribution in [0.1, 0.15) is 24.5 Å². The summed E-state index contributed by atoms with van der Waals surface area (Å²) in [6.45, 7) is 2.90. The molecule has 0 spiro atoms. The molecule has 0 aliphatic heterocycles. The van der Waals surface area contributed by atoms with Gasteiger partial charge in [0.25, 0.3) is 0 Å². The number of anilines is 2. The summed E-state index contributed by atoms with van der Waals surface area (Å²) >= 11 is 0. The molecule has 100 valence electrons. The number of nitrogens with two attached hydrogens (primary N) is 1. The summed E-state index contributed by atoms with van der Waals surface area (Å²) in [5.74, 6) is 0. The molecule has 0 bridgehead atoms. The Morgan fingerprint density at radius 3 is 1.68 bits per heavy atom. The molecule has 2 aromatic carbocycles.